The lowest BCUT2D eigenvalue weighted by atomic mass is 9.31. The molecule has 0 radical (unpaired) electrons. The molecule has 4 saturated heterocycles. The van der Waals surface area contributed by atoms with E-state index in [-0.39, 0.29) is 0 Å². The molecule has 3 aromatic rings. The van der Waals surface area contributed by atoms with Gasteiger partial charge in [-0.05, 0) is 123 Å². The van der Waals surface area contributed by atoms with Gasteiger partial charge in [0.15, 0.2) is 20.1 Å². The number of allylic oxidation sites excluding steroid dienone is 6. The second-order valence-electron chi connectivity index (χ2n) is 18.5. The quantitative estimate of drug-likeness (QED) is 0.133. The van der Waals surface area contributed by atoms with Gasteiger partial charge in [-0.25, -0.2) is 0 Å². The standard InChI is InChI=1S/C42H62B3N3S2.C7H8S/c1-30-19-36-12-15-41(47-33(4)22-38-9-7-17-49-38)45-26-32(3)21-37(29-45)13-16-42(48-34(5)23-39-10-8-18-50-39)44-25-31(2)20-35(28-44)11-14-40(46-6)43(24-30)27-36;1-2-4-7-5-3-6-8-7/h7-10,17-18,35-37,40-42,46-48H,1-5,11-16,19-29H2,6H3;2-3,5-6H,1,4H2/t35?,36?,37?,40-,41-,42?;/m0./s1. The molecule has 3 aromatic heterocycles. The van der Waals surface area contributed by atoms with Crippen molar-refractivity contribution in [3.63, 3.8) is 0 Å². The van der Waals surface area contributed by atoms with Crippen molar-refractivity contribution in [2.75, 3.05) is 7.05 Å². The Morgan fingerprint density at radius 1 is 0.603 bits per heavy atom. The Balaban J connectivity index is 0.000000633. The first kappa shape index (κ1) is 44.8. The van der Waals surface area contributed by atoms with Gasteiger partial charge in [-0.2, -0.15) is 0 Å². The molecule has 7 rings (SSSR count). The van der Waals surface area contributed by atoms with Crippen LogP contribution in [0.4, 0.5) is 0 Å². The van der Waals surface area contributed by atoms with E-state index >= 15 is 0 Å². The highest BCUT2D eigenvalue weighted by Gasteiger charge is 2.39. The highest BCUT2D eigenvalue weighted by Crippen LogP contribution is 2.40. The van der Waals surface area contributed by atoms with Crippen LogP contribution in [0.5, 0.6) is 0 Å². The average Bonchev–Trinajstić information content (AvgIpc) is 4.01. The maximum atomic E-state index is 4.66. The maximum absolute atomic E-state index is 4.66. The van der Waals surface area contributed by atoms with E-state index in [2.05, 4.69) is 115 Å². The van der Waals surface area contributed by atoms with Crippen LogP contribution >= 0.6 is 34.0 Å². The summed E-state index contributed by atoms with van der Waals surface area (Å²) in [5, 5.41) is 18.4. The molecule has 4 fully saturated rings. The van der Waals surface area contributed by atoms with Crippen molar-refractivity contribution in [2.45, 2.75) is 133 Å². The van der Waals surface area contributed by atoms with Crippen molar-refractivity contribution in [2.24, 2.45) is 17.8 Å². The predicted molar refractivity (Wildman–Crippen MR) is 265 cm³/mol. The molecular weight excluding hydrogens is 759 g/mol. The Morgan fingerprint density at radius 2 is 0.983 bits per heavy atom. The van der Waals surface area contributed by atoms with E-state index in [9.17, 15) is 0 Å². The molecule has 4 aliphatic heterocycles. The smallest absolute Gasteiger partial charge is 0.171 e. The van der Waals surface area contributed by atoms with Crippen LogP contribution in [0.2, 0.25) is 37.9 Å². The second-order valence-corrected chi connectivity index (χ2v) is 21.6. The summed E-state index contributed by atoms with van der Waals surface area (Å²) in [4.78, 5) is 4.18. The van der Waals surface area contributed by atoms with E-state index in [1.54, 1.807) is 11.3 Å². The summed E-state index contributed by atoms with van der Waals surface area (Å²) < 4.78 is 0. The van der Waals surface area contributed by atoms with Gasteiger partial charge in [0.1, 0.15) is 0 Å². The number of hydrogen-bond donors (Lipinski definition) is 3. The molecule has 4 aliphatic rings. The number of thiophene rings is 3. The molecule has 58 heavy (non-hydrogen) atoms. The van der Waals surface area contributed by atoms with Crippen molar-refractivity contribution >= 4 is 54.1 Å². The van der Waals surface area contributed by atoms with E-state index in [0.717, 1.165) is 43.7 Å². The molecule has 6 atom stereocenters. The lowest BCUT2D eigenvalue weighted by Gasteiger charge is -2.40. The molecule has 4 unspecified atom stereocenters. The number of nitrogens with one attached hydrogen (secondary N) is 3. The van der Waals surface area contributed by atoms with Gasteiger partial charge >= 0.3 is 0 Å². The summed E-state index contributed by atoms with van der Waals surface area (Å²) in [7, 11) is 2.20. The topological polar surface area (TPSA) is 36.1 Å². The highest BCUT2D eigenvalue weighted by molar-refractivity contribution is 7.10. The second kappa shape index (κ2) is 22.8. The fourth-order valence-corrected chi connectivity index (χ4v) is 13.3. The Kier molecular flexibility index (Phi) is 17.6. The Morgan fingerprint density at radius 3 is 1.34 bits per heavy atom. The van der Waals surface area contributed by atoms with Crippen LogP contribution in [0.15, 0.2) is 126 Å². The zero-order valence-electron chi connectivity index (χ0n) is 35.7. The van der Waals surface area contributed by atoms with Crippen LogP contribution in [0.3, 0.4) is 0 Å². The molecule has 0 saturated carbocycles. The SMILES string of the molecule is C=C1CB2CC(CC[C@H](NC)B3CC(=C)CC(CC[C@H](NC(=C)Cc4cccs4)B4CC(=C)CC(CCC2NC(=C)Cc2cccs2)C4)C3)C1.C=CCc1cccs1. The van der Waals surface area contributed by atoms with Gasteiger partial charge in [0.05, 0.1) is 0 Å². The van der Waals surface area contributed by atoms with E-state index < -0.39 is 0 Å². The van der Waals surface area contributed by atoms with E-state index in [0.29, 0.717) is 43.9 Å². The summed E-state index contributed by atoms with van der Waals surface area (Å²) in [5.74, 6) is 3.57. The average molecular weight is 830 g/mol. The molecule has 6 bridgehead atoms. The van der Waals surface area contributed by atoms with Crippen LogP contribution in [-0.2, 0) is 19.3 Å². The normalized spacial score (nSPS) is 25.8. The molecule has 7 heterocycles. The zero-order valence-corrected chi connectivity index (χ0v) is 38.1. The number of rotatable bonds is 11. The lowest BCUT2D eigenvalue weighted by Crippen LogP contribution is -2.48. The first-order valence-corrected chi connectivity index (χ1v) is 25.0. The third-order valence-electron chi connectivity index (χ3n) is 13.7. The van der Waals surface area contributed by atoms with Gasteiger partial charge in [0.2, 0.25) is 0 Å². The monoisotopic (exact) mass is 830 g/mol. The van der Waals surface area contributed by atoms with Crippen molar-refractivity contribution in [3.05, 3.63) is 141 Å². The lowest BCUT2D eigenvalue weighted by molar-refractivity contribution is 0.429. The van der Waals surface area contributed by atoms with Gasteiger partial charge in [0.25, 0.3) is 0 Å². The van der Waals surface area contributed by atoms with Gasteiger partial charge in [-0.15, -0.1) is 60.3 Å². The molecule has 0 spiro atoms. The van der Waals surface area contributed by atoms with Crippen LogP contribution < -0.4 is 16.0 Å². The summed E-state index contributed by atoms with van der Waals surface area (Å²) in [5.41, 5.74) is 6.74. The maximum Gasteiger partial charge on any atom is 0.171 e. The van der Waals surface area contributed by atoms with Crippen molar-refractivity contribution in [1.82, 2.24) is 16.0 Å². The van der Waals surface area contributed by atoms with Crippen molar-refractivity contribution in [1.29, 1.82) is 0 Å². The number of fused-ring (bicyclic) bond motifs is 6. The highest BCUT2D eigenvalue weighted by atomic mass is 32.1. The van der Waals surface area contributed by atoms with Crippen LogP contribution in [0.25, 0.3) is 0 Å². The minimum absolute atomic E-state index is 0.441. The minimum atomic E-state index is 0.441. The largest absolute Gasteiger partial charge is 0.393 e. The zero-order chi connectivity index (χ0) is 40.9. The first-order valence-electron chi connectivity index (χ1n) is 22.4. The van der Waals surface area contributed by atoms with E-state index in [1.807, 2.05) is 28.7 Å². The van der Waals surface area contributed by atoms with E-state index in [4.69, 9.17) is 0 Å². The van der Waals surface area contributed by atoms with Gasteiger partial charge < -0.3 is 16.0 Å². The fourth-order valence-electron chi connectivity index (χ4n) is 11.1. The van der Waals surface area contributed by atoms with Crippen LogP contribution in [0.1, 0.15) is 72.4 Å². The Labute approximate surface area is 366 Å². The summed E-state index contributed by atoms with van der Waals surface area (Å²) in [6, 6.07) is 13.0. The predicted octanol–water partition coefficient (Wildman–Crippen LogP) is 12.8. The molecule has 3 N–H and O–H groups in total. The third-order valence-corrected chi connectivity index (χ3v) is 16.3. The molecule has 3 nitrogen and oxygen atoms in total. The summed E-state index contributed by atoms with van der Waals surface area (Å²) >= 11 is 5.46. The van der Waals surface area contributed by atoms with Crippen LogP contribution in [0, 0.1) is 17.8 Å². The molecule has 0 aromatic carbocycles. The van der Waals surface area contributed by atoms with E-state index in [1.165, 1.54) is 126 Å². The fraction of sp³-hybridized carbons (Fsp3) is 0.510. The molecule has 0 aliphatic carbocycles. The summed E-state index contributed by atoms with van der Waals surface area (Å²) in [6.45, 7) is 28.6. The Bertz CT molecular complexity index is 1720. The molecular formula is C49H70B3N3S3. The van der Waals surface area contributed by atoms with Crippen molar-refractivity contribution in [3.8, 4) is 0 Å². The van der Waals surface area contributed by atoms with Gasteiger partial charge in [0, 0.05) is 50.7 Å². The van der Waals surface area contributed by atoms with Gasteiger partial charge in [-0.3, -0.25) is 0 Å². The summed E-state index contributed by atoms with van der Waals surface area (Å²) in [6.07, 6.45) is 23.2. The minimum Gasteiger partial charge on any atom is -0.393 e. The van der Waals surface area contributed by atoms with Crippen LogP contribution in [-0.4, -0.2) is 45.0 Å². The third kappa shape index (κ3) is 13.9. The van der Waals surface area contributed by atoms with Crippen molar-refractivity contribution < 1.29 is 0 Å². The molecule has 308 valence electrons. The Hall–Kier alpha value is -2.71. The van der Waals surface area contributed by atoms with Gasteiger partial charge in [-0.1, -0.05) is 98.5 Å². The number of hydrogen-bond acceptors (Lipinski definition) is 6. The molecule has 0 amide bonds. The molecule has 9 heteroatoms. The first-order chi connectivity index (χ1) is 28.1.